The molecule has 1 atom stereocenters. The minimum Gasteiger partial charge on any atom is -0.377 e. The molecule has 0 saturated carbocycles. The highest BCUT2D eigenvalue weighted by Crippen LogP contribution is 2.42. The second kappa shape index (κ2) is 13.9. The first-order valence-corrected chi connectivity index (χ1v) is 24.2. The van der Waals surface area contributed by atoms with Crippen LogP contribution in [0.1, 0.15) is 12.8 Å². The number of H-pyrrole nitrogens is 2. The van der Waals surface area contributed by atoms with Gasteiger partial charge in [0.25, 0.3) is 20.2 Å². The number of aromatic nitrogens is 8. The average molecular weight is 917 g/mol. The summed E-state index contributed by atoms with van der Waals surface area (Å²) < 4.78 is 135. The Bertz CT molecular complexity index is 3780. The van der Waals surface area contributed by atoms with Gasteiger partial charge in [0.05, 0.1) is 27.0 Å². The molecule has 3 aliphatic heterocycles. The molecule has 1 fully saturated rings. The van der Waals surface area contributed by atoms with E-state index in [1.54, 1.807) is 0 Å². The molecule has 7 aromatic rings. The van der Waals surface area contributed by atoms with Crippen molar-refractivity contribution in [3.8, 4) is 45.6 Å². The second-order valence-corrected chi connectivity index (χ2v) is 20.4. The van der Waals surface area contributed by atoms with Crippen molar-refractivity contribution in [2.75, 3.05) is 13.2 Å². The van der Waals surface area contributed by atoms with E-state index >= 15 is 0 Å². The van der Waals surface area contributed by atoms with E-state index in [1.165, 1.54) is 60.7 Å². The molecule has 10 rings (SSSR count). The Balaban J connectivity index is 1.41. The van der Waals surface area contributed by atoms with Gasteiger partial charge in [-0.2, -0.15) is 16.8 Å². The van der Waals surface area contributed by atoms with Crippen LogP contribution in [0.25, 0.3) is 89.7 Å². The number of ether oxygens (including phenoxy) is 1. The Morgan fingerprint density at radius 1 is 0.597 bits per heavy atom. The number of sulfonamides is 2. The second-order valence-electron chi connectivity index (χ2n) is 14.3. The van der Waals surface area contributed by atoms with Crippen molar-refractivity contribution in [1.82, 2.24) is 44.6 Å². The van der Waals surface area contributed by atoms with Crippen LogP contribution in [0.2, 0.25) is 0 Å². The Morgan fingerprint density at radius 3 is 1.68 bits per heavy atom. The van der Waals surface area contributed by atoms with Crippen LogP contribution in [0.15, 0.2) is 92.4 Å². The molecule has 21 nitrogen and oxygen atoms in total. The quantitative estimate of drug-likeness (QED) is 0.125. The lowest BCUT2D eigenvalue weighted by atomic mass is 10.1. The number of aromatic amines is 2. The molecular weight excluding hydrogens is 889 g/mol. The summed E-state index contributed by atoms with van der Waals surface area (Å²) in [4.78, 5) is 31.9. The zero-order chi connectivity index (χ0) is 43.5. The number of nitrogens with one attached hydrogen (secondary N) is 3. The monoisotopic (exact) mass is 916 g/mol. The molecule has 1 unspecified atom stereocenters. The third-order valence-corrected chi connectivity index (χ3v) is 14.7. The van der Waals surface area contributed by atoms with Crippen molar-refractivity contribution in [1.29, 1.82) is 0 Å². The van der Waals surface area contributed by atoms with Crippen LogP contribution >= 0.6 is 0 Å². The van der Waals surface area contributed by atoms with Gasteiger partial charge in [0.2, 0.25) is 20.0 Å². The maximum Gasteiger partial charge on any atom is 0.295 e. The number of rotatable bonds is 7. The molecule has 25 heteroatoms. The lowest BCUT2D eigenvalue weighted by molar-refractivity contribution is 0.114. The van der Waals surface area contributed by atoms with Crippen molar-refractivity contribution in [3.63, 3.8) is 0 Å². The van der Waals surface area contributed by atoms with Crippen molar-refractivity contribution in [3.05, 3.63) is 72.8 Å². The summed E-state index contributed by atoms with van der Waals surface area (Å²) in [6.45, 7) is 0.461. The topological polar surface area (TPSA) is 333 Å². The van der Waals surface area contributed by atoms with Crippen molar-refractivity contribution < 1.29 is 47.5 Å². The zero-order valence-corrected chi connectivity index (χ0v) is 34.6. The van der Waals surface area contributed by atoms with E-state index in [2.05, 4.69) is 34.6 Å². The van der Waals surface area contributed by atoms with Crippen LogP contribution < -0.4 is 9.86 Å². The first-order valence-electron chi connectivity index (χ1n) is 18.3. The highest BCUT2D eigenvalue weighted by Gasteiger charge is 2.32. The van der Waals surface area contributed by atoms with Crippen molar-refractivity contribution in [2.45, 2.75) is 38.5 Å². The molecular formula is C37H28N10O11S4. The maximum atomic E-state index is 14.1. The molecule has 62 heavy (non-hydrogen) atoms. The fraction of sp³-hybridized carbons (Fsp3) is 0.135. The van der Waals surface area contributed by atoms with Gasteiger partial charge in [0.15, 0.2) is 23.3 Å². The summed E-state index contributed by atoms with van der Waals surface area (Å²) in [6.07, 6.45) is 1.06. The summed E-state index contributed by atoms with van der Waals surface area (Å²) in [7, 11) is -18.7. The lowest BCUT2D eigenvalue weighted by Crippen LogP contribution is -2.31. The molecule has 0 aliphatic carbocycles. The molecule has 7 N–H and O–H groups in total. The van der Waals surface area contributed by atoms with Gasteiger partial charge < -0.3 is 14.7 Å². The average Bonchev–Trinajstić information content (AvgIpc) is 4.05. The number of fused-ring (bicyclic) bond motifs is 20. The number of benzene rings is 4. The van der Waals surface area contributed by atoms with E-state index < -0.39 is 55.0 Å². The minimum absolute atomic E-state index is 0.00841. The van der Waals surface area contributed by atoms with E-state index in [9.17, 15) is 42.8 Å². The Labute approximate surface area is 350 Å². The number of hydrogen-bond donors (Lipinski definition) is 6. The summed E-state index contributed by atoms with van der Waals surface area (Å²) >= 11 is 0. The van der Waals surface area contributed by atoms with Gasteiger partial charge in [0.1, 0.15) is 32.4 Å². The summed E-state index contributed by atoms with van der Waals surface area (Å²) in [5, 5.41) is 5.74. The number of primary sulfonamides is 1. The smallest absolute Gasteiger partial charge is 0.295 e. The van der Waals surface area contributed by atoms with E-state index in [-0.39, 0.29) is 107 Å². The fourth-order valence-corrected chi connectivity index (χ4v) is 11.3. The molecule has 3 aromatic heterocycles. The fourth-order valence-electron chi connectivity index (χ4n) is 7.84. The summed E-state index contributed by atoms with van der Waals surface area (Å²) in [6, 6.07) is 16.1. The molecule has 0 amide bonds. The first kappa shape index (κ1) is 39.9. The van der Waals surface area contributed by atoms with Gasteiger partial charge in [0, 0.05) is 45.8 Å². The van der Waals surface area contributed by atoms with Crippen molar-refractivity contribution >= 4 is 84.4 Å². The van der Waals surface area contributed by atoms with Crippen molar-refractivity contribution in [2.24, 2.45) is 5.14 Å². The summed E-state index contributed by atoms with van der Waals surface area (Å²) in [5.74, 6) is -1.07. The molecule has 1 saturated heterocycles. The number of nitrogens with two attached hydrogens (primary N) is 1. The van der Waals surface area contributed by atoms with Crippen LogP contribution in [0, 0.1) is 0 Å². The predicted octanol–water partition coefficient (Wildman–Crippen LogP) is 3.47. The molecule has 0 spiro atoms. The molecule has 6 heterocycles. The van der Waals surface area contributed by atoms with Crippen LogP contribution in [0.5, 0.6) is 0 Å². The Hall–Kier alpha value is -6.16. The molecule has 8 bridgehead atoms. The predicted molar refractivity (Wildman–Crippen MR) is 221 cm³/mol. The molecule has 0 radical (unpaired) electrons. The SMILES string of the molecule is NS(=O)(=O)c1cccc2c1-c1nc-2nc2[nH]c(nc3[nH]c(nc4nc(n1)-c1cccc(S(=O)(=O)O)c1-4)c1cccc(S(=O)(=O)O)c31)c1cccc(S(=O)(=O)NCC3CCCO3)c21. The normalized spacial score (nSPS) is 15.6. The van der Waals surface area contributed by atoms with E-state index in [0.717, 1.165) is 18.6 Å². The third kappa shape index (κ3) is 6.61. The number of nitrogens with zero attached hydrogens (tertiary/aromatic N) is 6. The highest BCUT2D eigenvalue weighted by atomic mass is 32.2. The number of hydrogen-bond acceptors (Lipinski definition) is 15. The van der Waals surface area contributed by atoms with Gasteiger partial charge in [-0.05, 0) is 37.1 Å². The standard InChI is InChI=1S/C37H28N10O11S4/c38-59(48,49)22-11-1-7-18-26(22)34-40-30(18)42-35-27-19(8-2-12-23(27)60(50,51)39-16-17-6-5-15-58-17)31(43-35)44-36-29-21(10-4-14-25(29)62(55,56)57)33(46-36)47-37-28-20(32(41-34)45-37)9-3-13-24(28)61(52,53)54/h1-4,7-14,17,39H,5-6,15-16H2,(H2,38,48,49)(H,52,53,54)(H,55,56,57)(H2,40,41,42,43,44,45,46,47). The van der Waals surface area contributed by atoms with E-state index in [1.807, 2.05) is 0 Å². The Morgan fingerprint density at radius 2 is 1.08 bits per heavy atom. The molecule has 316 valence electrons. The van der Waals surface area contributed by atoms with Gasteiger partial charge in [-0.1, -0.05) is 48.5 Å². The van der Waals surface area contributed by atoms with Gasteiger partial charge in [-0.15, -0.1) is 0 Å². The van der Waals surface area contributed by atoms with Crippen LogP contribution in [0.3, 0.4) is 0 Å². The minimum atomic E-state index is -4.96. The van der Waals surface area contributed by atoms with Crippen LogP contribution in [-0.4, -0.2) is 102 Å². The molecule has 4 aromatic carbocycles. The third-order valence-electron chi connectivity index (χ3n) is 10.5. The molecule has 3 aliphatic rings. The van der Waals surface area contributed by atoms with E-state index in [0.29, 0.717) is 13.0 Å². The maximum absolute atomic E-state index is 14.1. The van der Waals surface area contributed by atoms with Gasteiger partial charge >= 0.3 is 0 Å². The Kier molecular flexibility index (Phi) is 8.97. The van der Waals surface area contributed by atoms with Gasteiger partial charge in [-0.3, -0.25) is 9.11 Å². The lowest BCUT2D eigenvalue weighted by Gasteiger charge is -2.12. The van der Waals surface area contributed by atoms with Crippen LogP contribution in [-0.2, 0) is 45.0 Å². The first-order chi connectivity index (χ1) is 29.4. The zero-order valence-electron chi connectivity index (χ0n) is 31.3. The highest BCUT2D eigenvalue weighted by molar-refractivity contribution is 7.90. The van der Waals surface area contributed by atoms with Crippen LogP contribution in [0.4, 0.5) is 0 Å². The van der Waals surface area contributed by atoms with E-state index in [4.69, 9.17) is 19.8 Å². The summed E-state index contributed by atoms with van der Waals surface area (Å²) in [5.41, 5.74) is -0.798. The largest absolute Gasteiger partial charge is 0.377 e. The van der Waals surface area contributed by atoms with Gasteiger partial charge in [-0.25, -0.2) is 56.6 Å².